The van der Waals surface area contributed by atoms with Gasteiger partial charge in [0.1, 0.15) is 5.76 Å². The summed E-state index contributed by atoms with van der Waals surface area (Å²) in [6, 6.07) is 3.28. The first-order valence-electron chi connectivity index (χ1n) is 5.61. The largest absolute Gasteiger partial charge is 0.475 e. The second-order valence-electron chi connectivity index (χ2n) is 4.79. The van der Waals surface area contributed by atoms with E-state index in [1.54, 1.807) is 6.07 Å². The van der Waals surface area contributed by atoms with Gasteiger partial charge in [-0.05, 0) is 45.2 Å². The predicted octanol–water partition coefficient (Wildman–Crippen LogP) is 2.57. The summed E-state index contributed by atoms with van der Waals surface area (Å²) < 4.78 is 5.26. The molecule has 4 heteroatoms. The first kappa shape index (κ1) is 11.2. The highest BCUT2D eigenvalue weighted by atomic mass is 16.4. The monoisotopic (exact) mass is 223 g/mol. The lowest BCUT2D eigenvalue weighted by Gasteiger charge is -2.41. The second kappa shape index (κ2) is 3.94. The molecule has 0 saturated heterocycles. The normalized spacial score (nSPS) is 20.1. The molecular formula is C12H17NO3. The fourth-order valence-electron chi connectivity index (χ4n) is 2.15. The van der Waals surface area contributed by atoms with Crippen molar-refractivity contribution in [3.8, 4) is 0 Å². The molecule has 88 valence electrons. The van der Waals surface area contributed by atoms with Crippen molar-refractivity contribution in [3.05, 3.63) is 23.7 Å². The molecule has 16 heavy (non-hydrogen) atoms. The van der Waals surface area contributed by atoms with Gasteiger partial charge in [0.15, 0.2) is 0 Å². The topological polar surface area (TPSA) is 62.5 Å². The molecule has 1 aromatic heterocycles. The van der Waals surface area contributed by atoms with E-state index < -0.39 is 5.97 Å². The molecular weight excluding hydrogens is 206 g/mol. The van der Waals surface area contributed by atoms with Gasteiger partial charge in [-0.15, -0.1) is 0 Å². The van der Waals surface area contributed by atoms with Crippen LogP contribution in [0, 0.1) is 0 Å². The number of carboxylic acid groups (broad SMARTS) is 1. The van der Waals surface area contributed by atoms with Crippen LogP contribution >= 0.6 is 0 Å². The van der Waals surface area contributed by atoms with Gasteiger partial charge in [-0.2, -0.15) is 0 Å². The van der Waals surface area contributed by atoms with Crippen LogP contribution in [-0.4, -0.2) is 16.6 Å². The summed E-state index contributed by atoms with van der Waals surface area (Å²) >= 11 is 0. The molecule has 0 radical (unpaired) electrons. The van der Waals surface area contributed by atoms with Crippen molar-refractivity contribution in [2.75, 3.05) is 0 Å². The summed E-state index contributed by atoms with van der Waals surface area (Å²) in [7, 11) is 0. The molecule has 1 aromatic rings. The van der Waals surface area contributed by atoms with Crippen LogP contribution in [-0.2, 0) is 0 Å². The van der Waals surface area contributed by atoms with Crippen LogP contribution in [0.5, 0.6) is 0 Å². The molecule has 0 aromatic carbocycles. The maximum atomic E-state index is 10.7. The quantitative estimate of drug-likeness (QED) is 0.823. The number of carboxylic acids is 1. The minimum atomic E-state index is -1.02. The van der Waals surface area contributed by atoms with Crippen molar-refractivity contribution in [1.82, 2.24) is 5.32 Å². The minimum absolute atomic E-state index is 0.00223. The summed E-state index contributed by atoms with van der Waals surface area (Å²) in [6.45, 7) is 4.18. The summed E-state index contributed by atoms with van der Waals surface area (Å²) in [5.41, 5.74) is 0.190. The molecule has 2 rings (SSSR count). The smallest absolute Gasteiger partial charge is 0.371 e. The van der Waals surface area contributed by atoms with E-state index in [0.717, 1.165) is 0 Å². The Labute approximate surface area is 94.6 Å². The van der Waals surface area contributed by atoms with E-state index in [2.05, 4.69) is 12.2 Å². The highest BCUT2D eigenvalue weighted by Crippen LogP contribution is 2.33. The number of hydrogen-bond acceptors (Lipinski definition) is 3. The molecule has 0 amide bonds. The zero-order chi connectivity index (χ0) is 11.8. The second-order valence-corrected chi connectivity index (χ2v) is 4.79. The van der Waals surface area contributed by atoms with Gasteiger partial charge in [-0.25, -0.2) is 4.79 Å². The van der Waals surface area contributed by atoms with Crippen LogP contribution in [0.25, 0.3) is 0 Å². The van der Waals surface area contributed by atoms with E-state index >= 15 is 0 Å². The molecule has 2 N–H and O–H groups in total. The third kappa shape index (κ3) is 2.11. The number of nitrogens with one attached hydrogen (secondary N) is 1. The highest BCUT2D eigenvalue weighted by Gasteiger charge is 2.33. The van der Waals surface area contributed by atoms with Gasteiger partial charge in [0, 0.05) is 5.54 Å². The number of furan rings is 1. The number of aromatic carboxylic acids is 1. The fraction of sp³-hybridized carbons (Fsp3) is 0.583. The SMILES string of the molecule is CC(NC1(C)CCC1)c1ccc(C(=O)O)o1. The molecule has 0 aliphatic heterocycles. The van der Waals surface area contributed by atoms with Gasteiger partial charge < -0.3 is 14.8 Å². The lowest BCUT2D eigenvalue weighted by Crippen LogP contribution is -2.48. The van der Waals surface area contributed by atoms with E-state index in [-0.39, 0.29) is 17.3 Å². The molecule has 1 heterocycles. The summed E-state index contributed by atoms with van der Waals surface area (Å²) in [4.78, 5) is 10.7. The average molecular weight is 223 g/mol. The van der Waals surface area contributed by atoms with Gasteiger partial charge in [-0.1, -0.05) is 0 Å². The Bertz CT molecular complexity index is 393. The lowest BCUT2D eigenvalue weighted by molar-refractivity contribution is 0.0658. The van der Waals surface area contributed by atoms with E-state index in [0.29, 0.717) is 5.76 Å². The molecule has 1 saturated carbocycles. The Balaban J connectivity index is 2.02. The van der Waals surface area contributed by atoms with Crippen LogP contribution < -0.4 is 5.32 Å². The third-order valence-electron chi connectivity index (χ3n) is 3.29. The third-order valence-corrected chi connectivity index (χ3v) is 3.29. The van der Waals surface area contributed by atoms with E-state index in [9.17, 15) is 4.79 Å². The van der Waals surface area contributed by atoms with Crippen molar-refractivity contribution >= 4 is 5.97 Å². The van der Waals surface area contributed by atoms with E-state index in [4.69, 9.17) is 9.52 Å². The van der Waals surface area contributed by atoms with Crippen LogP contribution in [0.15, 0.2) is 16.5 Å². The molecule has 1 aliphatic rings. The maximum absolute atomic E-state index is 10.7. The molecule has 0 spiro atoms. The molecule has 1 aliphatic carbocycles. The maximum Gasteiger partial charge on any atom is 0.371 e. The Morgan fingerprint density at radius 1 is 1.56 bits per heavy atom. The van der Waals surface area contributed by atoms with E-state index in [1.165, 1.54) is 25.3 Å². The minimum Gasteiger partial charge on any atom is -0.475 e. The van der Waals surface area contributed by atoms with Crippen molar-refractivity contribution in [1.29, 1.82) is 0 Å². The molecule has 0 bridgehead atoms. The number of rotatable bonds is 4. The van der Waals surface area contributed by atoms with E-state index in [1.807, 2.05) is 6.92 Å². The summed E-state index contributed by atoms with van der Waals surface area (Å²) in [5.74, 6) is -0.332. The zero-order valence-corrected chi connectivity index (χ0v) is 9.62. The van der Waals surface area contributed by atoms with Gasteiger partial charge >= 0.3 is 5.97 Å². The summed E-state index contributed by atoms with van der Waals surface area (Å²) in [6.07, 6.45) is 3.60. The van der Waals surface area contributed by atoms with Gasteiger partial charge in [0.25, 0.3) is 0 Å². The first-order valence-corrected chi connectivity index (χ1v) is 5.61. The van der Waals surface area contributed by atoms with Crippen LogP contribution in [0.1, 0.15) is 55.5 Å². The molecule has 4 nitrogen and oxygen atoms in total. The van der Waals surface area contributed by atoms with Crippen molar-refractivity contribution < 1.29 is 14.3 Å². The first-order chi connectivity index (χ1) is 7.50. The van der Waals surface area contributed by atoms with Crippen molar-refractivity contribution in [3.63, 3.8) is 0 Å². The van der Waals surface area contributed by atoms with Crippen LogP contribution in [0.4, 0.5) is 0 Å². The average Bonchev–Trinajstić information content (AvgIpc) is 2.64. The standard InChI is InChI=1S/C12H17NO3/c1-8(13-12(2)6-3-7-12)9-4-5-10(16-9)11(14)15/h4-5,8,13H,3,6-7H2,1-2H3,(H,14,15). The van der Waals surface area contributed by atoms with Gasteiger partial charge in [0.2, 0.25) is 5.76 Å². The number of hydrogen-bond donors (Lipinski definition) is 2. The van der Waals surface area contributed by atoms with Crippen LogP contribution in [0.2, 0.25) is 0 Å². The Morgan fingerprint density at radius 3 is 2.69 bits per heavy atom. The van der Waals surface area contributed by atoms with Gasteiger partial charge in [-0.3, -0.25) is 0 Å². The van der Waals surface area contributed by atoms with Crippen molar-refractivity contribution in [2.24, 2.45) is 0 Å². The van der Waals surface area contributed by atoms with Gasteiger partial charge in [0.05, 0.1) is 6.04 Å². The summed E-state index contributed by atoms with van der Waals surface area (Å²) in [5, 5.41) is 12.2. The Hall–Kier alpha value is -1.29. The Morgan fingerprint density at radius 2 is 2.25 bits per heavy atom. The molecule has 1 atom stereocenters. The molecule has 1 fully saturated rings. The fourth-order valence-corrected chi connectivity index (χ4v) is 2.15. The van der Waals surface area contributed by atoms with Crippen LogP contribution in [0.3, 0.4) is 0 Å². The van der Waals surface area contributed by atoms with Crippen molar-refractivity contribution in [2.45, 2.75) is 44.7 Å². The predicted molar refractivity (Wildman–Crippen MR) is 59.5 cm³/mol. The number of carbonyl (C=O) groups is 1. The highest BCUT2D eigenvalue weighted by molar-refractivity contribution is 5.84. The lowest BCUT2D eigenvalue weighted by atomic mass is 9.78. The molecule has 1 unspecified atom stereocenters. The zero-order valence-electron chi connectivity index (χ0n) is 9.62. The Kier molecular flexibility index (Phi) is 2.76.